The molecule has 0 bridgehead atoms. The van der Waals surface area contributed by atoms with Crippen LogP contribution in [0.4, 0.5) is 4.79 Å². The molecular weight excluding hydrogens is 340 g/mol. The van der Waals surface area contributed by atoms with Crippen molar-refractivity contribution in [1.29, 1.82) is 0 Å². The molecule has 1 unspecified atom stereocenters. The maximum Gasteiger partial charge on any atom is 0.338 e. The van der Waals surface area contributed by atoms with Gasteiger partial charge in [-0.05, 0) is 30.0 Å². The second kappa shape index (κ2) is 8.54. The lowest BCUT2D eigenvalue weighted by molar-refractivity contribution is -0.138. The van der Waals surface area contributed by atoms with Crippen LogP contribution in [-0.4, -0.2) is 18.6 Å². The van der Waals surface area contributed by atoms with Gasteiger partial charge in [-0.1, -0.05) is 67.9 Å². The van der Waals surface area contributed by atoms with Crippen molar-refractivity contribution in [3.63, 3.8) is 0 Å². The van der Waals surface area contributed by atoms with E-state index in [0.29, 0.717) is 11.3 Å². The van der Waals surface area contributed by atoms with Crippen molar-refractivity contribution in [2.45, 2.75) is 32.7 Å². The number of carbonyl (C=O) groups is 2. The van der Waals surface area contributed by atoms with Gasteiger partial charge in [-0.15, -0.1) is 0 Å². The Labute approximate surface area is 159 Å². The fourth-order valence-electron chi connectivity index (χ4n) is 3.24. The number of esters is 1. The topological polar surface area (TPSA) is 67.4 Å². The van der Waals surface area contributed by atoms with Crippen LogP contribution in [0.5, 0.6) is 0 Å². The van der Waals surface area contributed by atoms with E-state index in [0.717, 1.165) is 24.0 Å². The van der Waals surface area contributed by atoms with Crippen molar-refractivity contribution in [1.82, 2.24) is 10.6 Å². The smallest absolute Gasteiger partial charge is 0.338 e. The Kier molecular flexibility index (Phi) is 5.91. The molecule has 5 nitrogen and oxygen atoms in total. The fraction of sp³-hybridized carbons (Fsp3) is 0.273. The molecule has 2 aromatic rings. The van der Waals surface area contributed by atoms with Gasteiger partial charge in [-0.2, -0.15) is 0 Å². The van der Waals surface area contributed by atoms with E-state index in [1.165, 1.54) is 5.56 Å². The van der Waals surface area contributed by atoms with E-state index in [9.17, 15) is 9.59 Å². The maximum absolute atomic E-state index is 12.8. The maximum atomic E-state index is 12.8. The Bertz CT molecular complexity index is 842. The lowest BCUT2D eigenvalue weighted by atomic mass is 9.92. The molecule has 2 N–H and O–H groups in total. The molecule has 1 heterocycles. The minimum atomic E-state index is -0.566. The first-order valence-electron chi connectivity index (χ1n) is 9.27. The molecule has 0 aliphatic carbocycles. The van der Waals surface area contributed by atoms with Gasteiger partial charge in [0.25, 0.3) is 0 Å². The van der Waals surface area contributed by atoms with Crippen molar-refractivity contribution in [2.24, 2.45) is 0 Å². The van der Waals surface area contributed by atoms with Crippen LogP contribution in [-0.2, 0) is 16.0 Å². The molecular formula is C22H24N2O3. The lowest BCUT2D eigenvalue weighted by Crippen LogP contribution is -2.45. The third-order valence-corrected chi connectivity index (χ3v) is 4.48. The predicted molar refractivity (Wildman–Crippen MR) is 105 cm³/mol. The standard InChI is InChI=1S/C22H24N2O3/c1-3-8-15-11-13-17(14-12-15)20-18(21(25)27-4-2)19(23-22(26)24-20)16-9-6-5-7-10-16/h5-7,9-14,20H,3-4,8H2,1-2H3,(H2,23,24,26). The highest BCUT2D eigenvalue weighted by Gasteiger charge is 2.34. The summed E-state index contributed by atoms with van der Waals surface area (Å²) in [4.78, 5) is 25.1. The van der Waals surface area contributed by atoms with Crippen molar-refractivity contribution < 1.29 is 14.3 Å². The molecule has 0 aromatic heterocycles. The van der Waals surface area contributed by atoms with Crippen molar-refractivity contribution in [3.05, 3.63) is 76.9 Å². The quantitative estimate of drug-likeness (QED) is 0.762. The normalized spacial score (nSPS) is 16.5. The molecule has 0 saturated heterocycles. The van der Waals surface area contributed by atoms with Crippen LogP contribution in [0.15, 0.2) is 60.2 Å². The van der Waals surface area contributed by atoms with Gasteiger partial charge in [0.2, 0.25) is 0 Å². The largest absolute Gasteiger partial charge is 0.463 e. The summed E-state index contributed by atoms with van der Waals surface area (Å²) < 4.78 is 5.29. The molecule has 2 aromatic carbocycles. The number of hydrogen-bond acceptors (Lipinski definition) is 3. The third kappa shape index (κ3) is 4.19. The number of urea groups is 1. The van der Waals surface area contributed by atoms with Crippen molar-refractivity contribution in [2.75, 3.05) is 6.61 Å². The second-order valence-corrected chi connectivity index (χ2v) is 6.40. The number of ether oxygens (including phenoxy) is 1. The van der Waals surface area contributed by atoms with Crippen LogP contribution < -0.4 is 10.6 Å². The molecule has 2 amide bonds. The minimum absolute atomic E-state index is 0.264. The molecule has 1 aliphatic heterocycles. The molecule has 0 saturated carbocycles. The average Bonchev–Trinajstić information content (AvgIpc) is 2.69. The zero-order valence-electron chi connectivity index (χ0n) is 15.6. The van der Waals surface area contributed by atoms with Crippen LogP contribution in [0.1, 0.15) is 43.0 Å². The Hall–Kier alpha value is -3.08. The summed E-state index contributed by atoms with van der Waals surface area (Å²) in [5.41, 5.74) is 3.74. The van der Waals surface area contributed by atoms with Crippen LogP contribution in [0.2, 0.25) is 0 Å². The van der Waals surface area contributed by atoms with Crippen LogP contribution in [0.25, 0.3) is 5.70 Å². The van der Waals surface area contributed by atoms with E-state index in [-0.39, 0.29) is 12.6 Å². The highest BCUT2D eigenvalue weighted by Crippen LogP contribution is 2.32. The zero-order chi connectivity index (χ0) is 19.2. The molecule has 1 aliphatic rings. The summed E-state index contributed by atoms with van der Waals surface area (Å²) >= 11 is 0. The Morgan fingerprint density at radius 3 is 2.37 bits per heavy atom. The fourth-order valence-corrected chi connectivity index (χ4v) is 3.24. The Morgan fingerprint density at radius 1 is 1.04 bits per heavy atom. The SMILES string of the molecule is CCCc1ccc(C2NC(=O)NC(c3ccccc3)=C2C(=O)OCC)cc1. The van der Waals surface area contributed by atoms with Crippen LogP contribution in [0, 0.1) is 0 Å². The summed E-state index contributed by atoms with van der Waals surface area (Å²) in [6.45, 7) is 4.17. The van der Waals surface area contributed by atoms with Gasteiger partial charge < -0.3 is 15.4 Å². The monoisotopic (exact) mass is 364 g/mol. The lowest BCUT2D eigenvalue weighted by Gasteiger charge is -2.29. The summed E-state index contributed by atoms with van der Waals surface area (Å²) in [6, 6.07) is 16.4. The van der Waals surface area contributed by atoms with E-state index in [1.54, 1.807) is 6.92 Å². The van der Waals surface area contributed by atoms with Gasteiger partial charge in [0.1, 0.15) is 0 Å². The number of rotatable bonds is 6. The van der Waals surface area contributed by atoms with Crippen molar-refractivity contribution in [3.8, 4) is 0 Å². The predicted octanol–water partition coefficient (Wildman–Crippen LogP) is 3.97. The molecule has 0 fully saturated rings. The molecule has 140 valence electrons. The number of amides is 2. The second-order valence-electron chi connectivity index (χ2n) is 6.40. The first kappa shape index (κ1) is 18.7. The van der Waals surface area contributed by atoms with Gasteiger partial charge in [0, 0.05) is 0 Å². The molecule has 1 atom stereocenters. The van der Waals surface area contributed by atoms with E-state index >= 15 is 0 Å². The summed E-state index contributed by atoms with van der Waals surface area (Å²) in [5.74, 6) is -0.438. The van der Waals surface area contributed by atoms with Gasteiger partial charge in [0.15, 0.2) is 0 Å². The molecule has 5 heteroatoms. The van der Waals surface area contributed by atoms with E-state index in [4.69, 9.17) is 4.74 Å². The van der Waals surface area contributed by atoms with Gasteiger partial charge in [0.05, 0.1) is 23.9 Å². The molecule has 3 rings (SSSR count). The highest BCUT2D eigenvalue weighted by atomic mass is 16.5. The molecule has 0 radical (unpaired) electrons. The van der Waals surface area contributed by atoms with E-state index < -0.39 is 12.0 Å². The number of benzene rings is 2. The number of nitrogens with one attached hydrogen (secondary N) is 2. The van der Waals surface area contributed by atoms with Crippen LogP contribution >= 0.6 is 0 Å². The summed E-state index contributed by atoms with van der Waals surface area (Å²) in [7, 11) is 0. The van der Waals surface area contributed by atoms with Crippen molar-refractivity contribution >= 4 is 17.7 Å². The van der Waals surface area contributed by atoms with Gasteiger partial charge in [-0.3, -0.25) is 0 Å². The Balaban J connectivity index is 2.09. The summed E-state index contributed by atoms with van der Waals surface area (Å²) in [6.07, 6.45) is 2.06. The number of carbonyl (C=O) groups excluding carboxylic acids is 2. The van der Waals surface area contributed by atoms with Gasteiger partial charge >= 0.3 is 12.0 Å². The minimum Gasteiger partial charge on any atom is -0.463 e. The third-order valence-electron chi connectivity index (χ3n) is 4.48. The zero-order valence-corrected chi connectivity index (χ0v) is 15.6. The molecule has 27 heavy (non-hydrogen) atoms. The number of hydrogen-bond donors (Lipinski definition) is 2. The first-order valence-corrected chi connectivity index (χ1v) is 9.27. The van der Waals surface area contributed by atoms with Gasteiger partial charge in [-0.25, -0.2) is 9.59 Å². The highest BCUT2D eigenvalue weighted by molar-refractivity contribution is 6.04. The summed E-state index contributed by atoms with van der Waals surface area (Å²) in [5, 5.41) is 5.65. The van der Waals surface area contributed by atoms with E-state index in [1.807, 2.05) is 54.6 Å². The Morgan fingerprint density at radius 2 is 1.74 bits per heavy atom. The first-order chi connectivity index (χ1) is 13.1. The van der Waals surface area contributed by atoms with Crippen LogP contribution in [0.3, 0.4) is 0 Å². The number of aryl methyl sites for hydroxylation is 1. The van der Waals surface area contributed by atoms with E-state index in [2.05, 4.69) is 17.6 Å². The average molecular weight is 364 g/mol. The molecule has 0 spiro atoms.